The van der Waals surface area contributed by atoms with E-state index in [9.17, 15) is 0 Å². The van der Waals surface area contributed by atoms with Gasteiger partial charge in [0, 0.05) is 18.7 Å². The number of methoxy groups -OCH3 is 1. The third kappa shape index (κ3) is 4.36. The first-order valence-corrected chi connectivity index (χ1v) is 6.08. The van der Waals surface area contributed by atoms with Crippen molar-refractivity contribution in [3.63, 3.8) is 0 Å². The summed E-state index contributed by atoms with van der Waals surface area (Å²) in [6.07, 6.45) is 0.0403. The van der Waals surface area contributed by atoms with Gasteiger partial charge in [0.05, 0.1) is 13.2 Å². The summed E-state index contributed by atoms with van der Waals surface area (Å²) in [6.45, 7) is 5.84. The van der Waals surface area contributed by atoms with Gasteiger partial charge in [-0.3, -0.25) is 0 Å². The van der Waals surface area contributed by atoms with Crippen LogP contribution in [0.2, 0.25) is 0 Å². The topological polar surface area (TPSA) is 30.5 Å². The maximum Gasteiger partial charge on any atom is 0.124 e. The zero-order valence-electron chi connectivity index (χ0n) is 11.2. The second-order valence-corrected chi connectivity index (χ2v) is 4.52. The van der Waals surface area contributed by atoms with Crippen molar-refractivity contribution in [3.8, 4) is 5.75 Å². The minimum absolute atomic E-state index is 0.0403. The fraction of sp³-hybridized carbons (Fsp3) is 0.571. The lowest BCUT2D eigenvalue weighted by Crippen LogP contribution is -2.21. The molecule has 17 heavy (non-hydrogen) atoms. The Hall–Kier alpha value is -1.06. The highest BCUT2D eigenvalue weighted by molar-refractivity contribution is 5.35. The van der Waals surface area contributed by atoms with Crippen molar-refractivity contribution in [1.82, 2.24) is 5.32 Å². The molecule has 1 rings (SSSR count). The molecule has 1 unspecified atom stereocenters. The molecule has 0 saturated carbocycles. The Morgan fingerprint density at radius 3 is 2.53 bits per heavy atom. The Balaban J connectivity index is 2.80. The van der Waals surface area contributed by atoms with Crippen LogP contribution in [0.25, 0.3) is 0 Å². The number of ether oxygens (including phenoxy) is 2. The largest absolute Gasteiger partial charge is 0.496 e. The molecule has 0 aliphatic heterocycles. The molecule has 0 aromatic heterocycles. The van der Waals surface area contributed by atoms with Crippen molar-refractivity contribution >= 4 is 0 Å². The zero-order chi connectivity index (χ0) is 12.7. The highest BCUT2D eigenvalue weighted by atomic mass is 16.5. The van der Waals surface area contributed by atoms with Crippen LogP contribution in [0, 0.1) is 5.92 Å². The third-order valence-electron chi connectivity index (χ3n) is 2.51. The molecule has 0 aliphatic carbocycles. The zero-order valence-corrected chi connectivity index (χ0v) is 11.2. The molecule has 3 heteroatoms. The summed E-state index contributed by atoms with van der Waals surface area (Å²) in [6, 6.07) is 8.01. The van der Waals surface area contributed by atoms with Gasteiger partial charge < -0.3 is 14.8 Å². The van der Waals surface area contributed by atoms with Crippen LogP contribution in [0.1, 0.15) is 25.5 Å². The van der Waals surface area contributed by atoms with Gasteiger partial charge in [-0.1, -0.05) is 32.0 Å². The van der Waals surface area contributed by atoms with E-state index in [1.165, 1.54) is 0 Å². The molecule has 0 spiro atoms. The molecule has 1 aromatic carbocycles. The highest BCUT2D eigenvalue weighted by Gasteiger charge is 2.16. The predicted molar refractivity (Wildman–Crippen MR) is 70.5 cm³/mol. The SMILES string of the molecule is CNCC(OCC(C)C)c1ccccc1OC. The van der Waals surface area contributed by atoms with Gasteiger partial charge in [0.25, 0.3) is 0 Å². The van der Waals surface area contributed by atoms with E-state index in [0.717, 1.165) is 24.5 Å². The van der Waals surface area contributed by atoms with Crippen LogP contribution in [0.5, 0.6) is 5.75 Å². The lowest BCUT2D eigenvalue weighted by molar-refractivity contribution is 0.0349. The van der Waals surface area contributed by atoms with E-state index in [2.05, 4.69) is 25.2 Å². The van der Waals surface area contributed by atoms with Gasteiger partial charge in [-0.15, -0.1) is 0 Å². The molecule has 0 aliphatic rings. The van der Waals surface area contributed by atoms with Gasteiger partial charge >= 0.3 is 0 Å². The molecule has 3 nitrogen and oxygen atoms in total. The van der Waals surface area contributed by atoms with Gasteiger partial charge in [-0.2, -0.15) is 0 Å². The van der Waals surface area contributed by atoms with E-state index < -0.39 is 0 Å². The van der Waals surface area contributed by atoms with Crippen LogP contribution in [-0.4, -0.2) is 27.3 Å². The van der Waals surface area contributed by atoms with E-state index >= 15 is 0 Å². The predicted octanol–water partition coefficient (Wildman–Crippen LogP) is 2.63. The van der Waals surface area contributed by atoms with E-state index in [-0.39, 0.29) is 6.10 Å². The summed E-state index contributed by atoms with van der Waals surface area (Å²) in [4.78, 5) is 0. The number of hydrogen-bond acceptors (Lipinski definition) is 3. The molecule has 0 saturated heterocycles. The molecule has 0 heterocycles. The average molecular weight is 237 g/mol. The van der Waals surface area contributed by atoms with E-state index in [1.807, 2.05) is 25.2 Å². The maximum atomic E-state index is 5.93. The molecule has 0 amide bonds. The number of rotatable bonds is 7. The van der Waals surface area contributed by atoms with Crippen LogP contribution in [0.3, 0.4) is 0 Å². The fourth-order valence-corrected chi connectivity index (χ4v) is 1.69. The van der Waals surface area contributed by atoms with Crippen LogP contribution in [0.15, 0.2) is 24.3 Å². The third-order valence-corrected chi connectivity index (χ3v) is 2.51. The minimum atomic E-state index is 0.0403. The van der Waals surface area contributed by atoms with Crippen molar-refractivity contribution in [1.29, 1.82) is 0 Å². The molecule has 1 aromatic rings. The molecule has 0 fully saturated rings. The molecular formula is C14H23NO2. The Morgan fingerprint density at radius 1 is 1.24 bits per heavy atom. The summed E-state index contributed by atoms with van der Waals surface area (Å²) < 4.78 is 11.3. The molecule has 1 atom stereocenters. The number of benzene rings is 1. The summed E-state index contributed by atoms with van der Waals surface area (Å²) in [5.41, 5.74) is 1.10. The van der Waals surface area contributed by atoms with Crippen LogP contribution in [0.4, 0.5) is 0 Å². The maximum absolute atomic E-state index is 5.93. The number of likely N-dealkylation sites (N-methyl/N-ethyl adjacent to an activating group) is 1. The van der Waals surface area contributed by atoms with E-state index in [4.69, 9.17) is 9.47 Å². The van der Waals surface area contributed by atoms with Gasteiger partial charge in [0.15, 0.2) is 0 Å². The van der Waals surface area contributed by atoms with E-state index in [0.29, 0.717) is 5.92 Å². The normalized spacial score (nSPS) is 12.8. The van der Waals surface area contributed by atoms with Crippen molar-refractivity contribution < 1.29 is 9.47 Å². The van der Waals surface area contributed by atoms with Crippen molar-refractivity contribution in [2.45, 2.75) is 20.0 Å². The van der Waals surface area contributed by atoms with Gasteiger partial charge in [-0.25, -0.2) is 0 Å². The molecule has 96 valence electrons. The van der Waals surface area contributed by atoms with Crippen molar-refractivity contribution in [2.75, 3.05) is 27.3 Å². The standard InChI is InChI=1S/C14H23NO2/c1-11(2)10-17-14(9-15-3)12-7-5-6-8-13(12)16-4/h5-8,11,14-15H,9-10H2,1-4H3. The second-order valence-electron chi connectivity index (χ2n) is 4.52. The molecular weight excluding hydrogens is 214 g/mol. The Bertz CT molecular complexity index is 326. The first-order valence-electron chi connectivity index (χ1n) is 6.08. The Labute approximate surface area is 104 Å². The van der Waals surface area contributed by atoms with Crippen LogP contribution < -0.4 is 10.1 Å². The second kappa shape index (κ2) is 7.30. The Kier molecular flexibility index (Phi) is 6.01. The summed E-state index contributed by atoms with van der Waals surface area (Å²) in [7, 11) is 3.62. The first kappa shape index (κ1) is 14.0. The molecule has 1 N–H and O–H groups in total. The minimum Gasteiger partial charge on any atom is -0.496 e. The van der Waals surface area contributed by atoms with Crippen LogP contribution in [-0.2, 0) is 4.74 Å². The summed E-state index contributed by atoms with van der Waals surface area (Å²) in [5, 5.41) is 3.16. The number of nitrogens with one attached hydrogen (secondary N) is 1. The highest BCUT2D eigenvalue weighted by Crippen LogP contribution is 2.27. The quantitative estimate of drug-likeness (QED) is 0.790. The van der Waals surface area contributed by atoms with E-state index in [1.54, 1.807) is 7.11 Å². The first-order chi connectivity index (χ1) is 8.19. The van der Waals surface area contributed by atoms with Gasteiger partial charge in [0.1, 0.15) is 5.75 Å². The number of hydrogen-bond donors (Lipinski definition) is 1. The summed E-state index contributed by atoms with van der Waals surface area (Å²) >= 11 is 0. The summed E-state index contributed by atoms with van der Waals surface area (Å²) in [5.74, 6) is 1.42. The fourth-order valence-electron chi connectivity index (χ4n) is 1.69. The van der Waals surface area contributed by atoms with Gasteiger partial charge in [0.2, 0.25) is 0 Å². The lowest BCUT2D eigenvalue weighted by atomic mass is 10.1. The molecule has 0 bridgehead atoms. The van der Waals surface area contributed by atoms with Crippen LogP contribution >= 0.6 is 0 Å². The monoisotopic (exact) mass is 237 g/mol. The molecule has 0 radical (unpaired) electrons. The van der Waals surface area contributed by atoms with Crippen molar-refractivity contribution in [3.05, 3.63) is 29.8 Å². The Morgan fingerprint density at radius 2 is 1.94 bits per heavy atom. The average Bonchev–Trinajstić information content (AvgIpc) is 2.34. The van der Waals surface area contributed by atoms with Crippen molar-refractivity contribution in [2.24, 2.45) is 5.92 Å². The van der Waals surface area contributed by atoms with Gasteiger partial charge in [-0.05, 0) is 19.0 Å². The number of para-hydroxylation sites is 1. The lowest BCUT2D eigenvalue weighted by Gasteiger charge is -2.21. The smallest absolute Gasteiger partial charge is 0.124 e.